The molecule has 0 heterocycles. The van der Waals surface area contributed by atoms with Crippen molar-refractivity contribution in [3.05, 3.63) is 107 Å². The summed E-state index contributed by atoms with van der Waals surface area (Å²) in [5.74, 6) is -0.437. The van der Waals surface area contributed by atoms with Crippen molar-refractivity contribution in [2.45, 2.75) is 24.9 Å². The van der Waals surface area contributed by atoms with Crippen LogP contribution in [-0.4, -0.2) is 5.11 Å². The molecule has 2 atom stereocenters. The van der Waals surface area contributed by atoms with Gasteiger partial charge in [0.25, 0.3) is 0 Å². The lowest BCUT2D eigenvalue weighted by Crippen LogP contribution is -2.34. The molecule has 0 radical (unpaired) electrons. The fourth-order valence-corrected chi connectivity index (χ4v) is 3.42. The summed E-state index contributed by atoms with van der Waals surface area (Å²) in [7, 11) is 0. The van der Waals surface area contributed by atoms with Gasteiger partial charge in [0, 0.05) is 5.92 Å². The second-order valence-corrected chi connectivity index (χ2v) is 6.01. The lowest BCUT2D eigenvalue weighted by molar-refractivity contribution is 0.0476. The van der Waals surface area contributed by atoms with E-state index in [1.54, 1.807) is 12.1 Å². The first-order valence-electron chi connectivity index (χ1n) is 8.25. The Labute approximate surface area is 142 Å². The van der Waals surface area contributed by atoms with Gasteiger partial charge in [0.05, 0.1) is 0 Å². The number of hydrogen-bond donors (Lipinski definition) is 1. The van der Waals surface area contributed by atoms with Gasteiger partial charge in [0.1, 0.15) is 11.4 Å². The number of benzene rings is 3. The van der Waals surface area contributed by atoms with Crippen molar-refractivity contribution >= 4 is 0 Å². The molecular weight excluding hydrogens is 299 g/mol. The van der Waals surface area contributed by atoms with Gasteiger partial charge in [0.2, 0.25) is 0 Å². The van der Waals surface area contributed by atoms with Gasteiger partial charge in [-0.05, 0) is 35.2 Å². The topological polar surface area (TPSA) is 20.2 Å². The van der Waals surface area contributed by atoms with Crippen LogP contribution in [0, 0.1) is 5.82 Å². The van der Waals surface area contributed by atoms with Crippen LogP contribution in [0.15, 0.2) is 84.9 Å². The van der Waals surface area contributed by atoms with Gasteiger partial charge in [-0.3, -0.25) is 0 Å². The second-order valence-electron chi connectivity index (χ2n) is 6.01. The average Bonchev–Trinajstić information content (AvgIpc) is 2.64. The molecule has 3 aromatic rings. The first-order chi connectivity index (χ1) is 11.7. The van der Waals surface area contributed by atoms with Gasteiger partial charge in [0.15, 0.2) is 0 Å². The second kappa shape index (κ2) is 6.98. The summed E-state index contributed by atoms with van der Waals surface area (Å²) in [4.78, 5) is 0. The summed E-state index contributed by atoms with van der Waals surface area (Å²) < 4.78 is 13.4. The zero-order valence-corrected chi connectivity index (χ0v) is 13.7. The van der Waals surface area contributed by atoms with Crippen molar-refractivity contribution < 1.29 is 9.50 Å². The third-order valence-corrected chi connectivity index (χ3v) is 4.61. The predicted octanol–water partition coefficient (Wildman–Crippen LogP) is 5.26. The highest BCUT2D eigenvalue weighted by Crippen LogP contribution is 2.44. The lowest BCUT2D eigenvalue weighted by atomic mass is 9.72. The third kappa shape index (κ3) is 2.98. The summed E-state index contributed by atoms with van der Waals surface area (Å²) in [6, 6.07) is 25.8. The van der Waals surface area contributed by atoms with Gasteiger partial charge in [-0.2, -0.15) is 0 Å². The molecule has 0 aliphatic heterocycles. The van der Waals surface area contributed by atoms with Gasteiger partial charge in [-0.25, -0.2) is 4.39 Å². The van der Waals surface area contributed by atoms with Crippen molar-refractivity contribution in [1.82, 2.24) is 0 Å². The average molecular weight is 320 g/mol. The van der Waals surface area contributed by atoms with Crippen LogP contribution in [0.1, 0.15) is 36.0 Å². The monoisotopic (exact) mass is 320 g/mol. The van der Waals surface area contributed by atoms with Crippen LogP contribution in [0.2, 0.25) is 0 Å². The standard InChI is InChI=1S/C22H21FO/c1-2-21(17-9-5-3-6-10-17)22(24,18-11-7-4-8-12-18)19-13-15-20(23)16-14-19/h3-16,21,24H,2H2,1H3/t21-,22-/m1/s1. The molecule has 0 bridgehead atoms. The Hall–Kier alpha value is -2.45. The highest BCUT2D eigenvalue weighted by Gasteiger charge is 2.40. The molecule has 0 saturated heterocycles. The maximum atomic E-state index is 13.4. The molecular formula is C22H21FO. The van der Waals surface area contributed by atoms with Gasteiger partial charge in [-0.1, -0.05) is 79.7 Å². The molecule has 0 unspecified atom stereocenters. The van der Waals surface area contributed by atoms with Gasteiger partial charge >= 0.3 is 0 Å². The zero-order valence-electron chi connectivity index (χ0n) is 13.7. The largest absolute Gasteiger partial charge is 0.380 e. The molecule has 0 aliphatic rings. The molecule has 0 aromatic heterocycles. The molecule has 3 rings (SSSR count). The number of hydrogen-bond acceptors (Lipinski definition) is 1. The molecule has 0 aliphatic carbocycles. The lowest BCUT2D eigenvalue weighted by Gasteiger charge is -2.37. The molecule has 0 amide bonds. The summed E-state index contributed by atoms with van der Waals surface area (Å²) in [5.41, 5.74) is 1.36. The molecule has 0 saturated carbocycles. The normalized spacial score (nSPS) is 14.8. The summed E-state index contributed by atoms with van der Waals surface area (Å²) >= 11 is 0. The number of rotatable bonds is 5. The Morgan fingerprint density at radius 3 is 1.83 bits per heavy atom. The van der Waals surface area contributed by atoms with E-state index in [0.717, 1.165) is 17.5 Å². The van der Waals surface area contributed by atoms with Crippen molar-refractivity contribution in [2.24, 2.45) is 0 Å². The maximum Gasteiger partial charge on any atom is 0.123 e. The smallest absolute Gasteiger partial charge is 0.123 e. The van der Waals surface area contributed by atoms with Crippen LogP contribution in [0.25, 0.3) is 0 Å². The van der Waals surface area contributed by atoms with E-state index in [4.69, 9.17) is 0 Å². The predicted molar refractivity (Wildman–Crippen MR) is 95.3 cm³/mol. The Morgan fingerprint density at radius 2 is 1.29 bits per heavy atom. The van der Waals surface area contributed by atoms with E-state index in [1.807, 2.05) is 60.7 Å². The Kier molecular flexibility index (Phi) is 4.77. The Balaban J connectivity index is 2.20. The zero-order chi connectivity index (χ0) is 17.0. The van der Waals surface area contributed by atoms with Crippen LogP contribution in [-0.2, 0) is 5.60 Å². The van der Waals surface area contributed by atoms with E-state index in [1.165, 1.54) is 12.1 Å². The Morgan fingerprint density at radius 1 is 0.792 bits per heavy atom. The van der Waals surface area contributed by atoms with Crippen molar-refractivity contribution in [3.63, 3.8) is 0 Å². The molecule has 1 nitrogen and oxygen atoms in total. The van der Waals surface area contributed by atoms with E-state index in [0.29, 0.717) is 5.56 Å². The van der Waals surface area contributed by atoms with Crippen molar-refractivity contribution in [2.75, 3.05) is 0 Å². The van der Waals surface area contributed by atoms with E-state index < -0.39 is 5.60 Å². The van der Waals surface area contributed by atoms with E-state index in [9.17, 15) is 9.50 Å². The quantitative estimate of drug-likeness (QED) is 0.680. The van der Waals surface area contributed by atoms with Crippen LogP contribution < -0.4 is 0 Å². The fraction of sp³-hybridized carbons (Fsp3) is 0.182. The van der Waals surface area contributed by atoms with Gasteiger partial charge in [-0.15, -0.1) is 0 Å². The molecule has 24 heavy (non-hydrogen) atoms. The first kappa shape index (κ1) is 16.4. The molecule has 3 aromatic carbocycles. The minimum atomic E-state index is -1.22. The van der Waals surface area contributed by atoms with Crippen LogP contribution >= 0.6 is 0 Å². The molecule has 0 fully saturated rings. The molecule has 122 valence electrons. The molecule has 2 heteroatoms. The molecule has 1 N–H and O–H groups in total. The van der Waals surface area contributed by atoms with Crippen LogP contribution in [0.5, 0.6) is 0 Å². The van der Waals surface area contributed by atoms with Crippen molar-refractivity contribution in [1.29, 1.82) is 0 Å². The first-order valence-corrected chi connectivity index (χ1v) is 8.25. The van der Waals surface area contributed by atoms with Crippen molar-refractivity contribution in [3.8, 4) is 0 Å². The van der Waals surface area contributed by atoms with Crippen LogP contribution in [0.4, 0.5) is 4.39 Å². The third-order valence-electron chi connectivity index (χ3n) is 4.61. The van der Waals surface area contributed by atoms with Gasteiger partial charge < -0.3 is 5.11 Å². The van der Waals surface area contributed by atoms with E-state index >= 15 is 0 Å². The molecule has 0 spiro atoms. The summed E-state index contributed by atoms with van der Waals surface area (Å²) in [6.07, 6.45) is 0.757. The maximum absolute atomic E-state index is 13.4. The Bertz CT molecular complexity index is 768. The fourth-order valence-electron chi connectivity index (χ4n) is 3.42. The minimum Gasteiger partial charge on any atom is -0.380 e. The number of aliphatic hydroxyl groups is 1. The van der Waals surface area contributed by atoms with E-state index in [-0.39, 0.29) is 11.7 Å². The minimum absolute atomic E-state index is 0.133. The highest BCUT2D eigenvalue weighted by atomic mass is 19.1. The van der Waals surface area contributed by atoms with E-state index in [2.05, 4.69) is 6.92 Å². The van der Waals surface area contributed by atoms with Crippen LogP contribution in [0.3, 0.4) is 0 Å². The highest BCUT2D eigenvalue weighted by molar-refractivity contribution is 5.41. The summed E-state index contributed by atoms with van der Waals surface area (Å²) in [5, 5.41) is 11.8. The summed E-state index contributed by atoms with van der Waals surface area (Å²) in [6.45, 7) is 2.06. The number of halogens is 1. The SMILES string of the molecule is CC[C@H](c1ccccc1)[C@@](O)(c1ccccc1)c1ccc(F)cc1.